The number of aromatic nitrogens is 1. The third kappa shape index (κ3) is 3.45. The lowest BCUT2D eigenvalue weighted by atomic mass is 10.1. The first-order valence-electron chi connectivity index (χ1n) is 6.68. The number of carbonyl (C=O) groups excluding carboxylic acids is 1. The summed E-state index contributed by atoms with van der Waals surface area (Å²) in [6.45, 7) is 6.88. The number of hydrogen-bond donors (Lipinski definition) is 2. The molecule has 1 amide bonds. The minimum Gasteiger partial charge on any atom is -0.351 e. The summed E-state index contributed by atoms with van der Waals surface area (Å²) >= 11 is 0. The van der Waals surface area contributed by atoms with E-state index >= 15 is 0 Å². The summed E-state index contributed by atoms with van der Waals surface area (Å²) in [5, 5.41) is 9.81. The van der Waals surface area contributed by atoms with E-state index in [-0.39, 0.29) is 11.7 Å². The van der Waals surface area contributed by atoms with Crippen molar-refractivity contribution < 1.29 is 9.32 Å². The van der Waals surface area contributed by atoms with Crippen molar-refractivity contribution in [3.05, 3.63) is 47.3 Å². The Labute approximate surface area is 118 Å². The van der Waals surface area contributed by atoms with Crippen molar-refractivity contribution in [1.29, 1.82) is 0 Å². The van der Waals surface area contributed by atoms with Crippen LogP contribution in [0.2, 0.25) is 0 Å². The molecule has 20 heavy (non-hydrogen) atoms. The van der Waals surface area contributed by atoms with Crippen LogP contribution in [0.25, 0.3) is 0 Å². The van der Waals surface area contributed by atoms with E-state index in [4.69, 9.17) is 4.52 Å². The summed E-state index contributed by atoms with van der Waals surface area (Å²) in [5.74, 6) is -0.0781. The van der Waals surface area contributed by atoms with Crippen LogP contribution in [-0.4, -0.2) is 17.6 Å². The molecular weight excluding hydrogens is 254 g/mol. The van der Waals surface area contributed by atoms with Crippen molar-refractivity contribution in [2.45, 2.75) is 26.8 Å². The number of hydrogen-bond acceptors (Lipinski definition) is 4. The molecule has 0 saturated heterocycles. The minimum atomic E-state index is -0.293. The number of benzene rings is 1. The number of aryl methyl sites for hydroxylation is 1. The molecule has 0 aliphatic heterocycles. The molecule has 0 bridgehead atoms. The summed E-state index contributed by atoms with van der Waals surface area (Å²) < 4.78 is 4.92. The zero-order chi connectivity index (χ0) is 14.5. The van der Waals surface area contributed by atoms with Crippen molar-refractivity contribution in [1.82, 2.24) is 10.5 Å². The van der Waals surface area contributed by atoms with Gasteiger partial charge in [0.05, 0.1) is 5.69 Å². The van der Waals surface area contributed by atoms with E-state index in [0.29, 0.717) is 11.7 Å². The van der Waals surface area contributed by atoms with Gasteiger partial charge in [-0.05, 0) is 38.1 Å². The molecule has 0 aliphatic carbocycles. The van der Waals surface area contributed by atoms with Gasteiger partial charge in [-0.2, -0.15) is 0 Å². The summed E-state index contributed by atoms with van der Waals surface area (Å²) in [7, 11) is 0. The van der Waals surface area contributed by atoms with Crippen LogP contribution in [0.1, 0.15) is 41.7 Å². The predicted molar refractivity (Wildman–Crippen MR) is 77.7 cm³/mol. The van der Waals surface area contributed by atoms with Gasteiger partial charge >= 0.3 is 0 Å². The average molecular weight is 273 g/mol. The van der Waals surface area contributed by atoms with Crippen molar-refractivity contribution in [3.63, 3.8) is 0 Å². The van der Waals surface area contributed by atoms with Gasteiger partial charge in [0.25, 0.3) is 5.91 Å². The van der Waals surface area contributed by atoms with Crippen LogP contribution in [0.3, 0.4) is 0 Å². The first-order valence-corrected chi connectivity index (χ1v) is 6.68. The van der Waals surface area contributed by atoms with Crippen LogP contribution >= 0.6 is 0 Å². The topological polar surface area (TPSA) is 67.2 Å². The first-order chi connectivity index (χ1) is 9.60. The lowest BCUT2D eigenvalue weighted by Crippen LogP contribution is -2.17. The molecule has 1 atom stereocenters. The average Bonchev–Trinajstić information content (AvgIpc) is 2.86. The minimum absolute atomic E-state index is 0.215. The van der Waals surface area contributed by atoms with E-state index < -0.39 is 0 Å². The van der Waals surface area contributed by atoms with E-state index in [1.54, 1.807) is 13.0 Å². The third-order valence-electron chi connectivity index (χ3n) is 3.03. The van der Waals surface area contributed by atoms with Gasteiger partial charge in [0.1, 0.15) is 0 Å². The van der Waals surface area contributed by atoms with Crippen molar-refractivity contribution in [2.75, 3.05) is 11.9 Å². The molecule has 5 heteroatoms. The van der Waals surface area contributed by atoms with Gasteiger partial charge in [-0.25, -0.2) is 0 Å². The van der Waals surface area contributed by atoms with Crippen LogP contribution in [0.4, 0.5) is 5.69 Å². The normalized spacial score (nSPS) is 12.2. The maximum Gasteiger partial charge on any atom is 0.294 e. The second kappa shape index (κ2) is 6.34. The fourth-order valence-electron chi connectivity index (χ4n) is 1.94. The summed E-state index contributed by atoms with van der Waals surface area (Å²) in [6.07, 6.45) is 0. The Kier molecular flexibility index (Phi) is 4.53. The second-order valence-corrected chi connectivity index (χ2v) is 4.69. The molecule has 0 saturated carbocycles. The summed E-state index contributed by atoms with van der Waals surface area (Å²) in [6, 6.07) is 9.65. The van der Waals surface area contributed by atoms with E-state index in [1.165, 1.54) is 5.56 Å². The van der Waals surface area contributed by atoms with E-state index in [2.05, 4.69) is 29.6 Å². The molecule has 1 aromatic carbocycles. The molecule has 2 N–H and O–H groups in total. The van der Waals surface area contributed by atoms with Gasteiger partial charge < -0.3 is 15.2 Å². The molecule has 2 aromatic rings. The molecule has 2 rings (SSSR count). The lowest BCUT2D eigenvalue weighted by molar-refractivity contribution is 0.0988. The van der Waals surface area contributed by atoms with Gasteiger partial charge in [-0.1, -0.05) is 24.2 Å². The van der Waals surface area contributed by atoms with E-state index in [0.717, 1.165) is 12.2 Å². The van der Waals surface area contributed by atoms with Gasteiger partial charge in [0.15, 0.2) is 0 Å². The highest BCUT2D eigenvalue weighted by molar-refractivity contribution is 6.02. The van der Waals surface area contributed by atoms with Crippen molar-refractivity contribution >= 4 is 11.6 Å². The van der Waals surface area contributed by atoms with Crippen LogP contribution < -0.4 is 10.6 Å². The number of nitrogens with zero attached hydrogens (tertiary/aromatic N) is 1. The lowest BCUT2D eigenvalue weighted by Gasteiger charge is -2.13. The number of anilines is 1. The van der Waals surface area contributed by atoms with Crippen LogP contribution in [0.5, 0.6) is 0 Å². The van der Waals surface area contributed by atoms with Crippen LogP contribution in [0, 0.1) is 6.92 Å². The monoisotopic (exact) mass is 273 g/mol. The Hall–Kier alpha value is -2.14. The smallest absolute Gasteiger partial charge is 0.294 e. The number of carbonyl (C=O) groups is 1. The molecule has 1 aromatic heterocycles. The molecule has 0 spiro atoms. The van der Waals surface area contributed by atoms with Crippen LogP contribution in [0.15, 0.2) is 34.9 Å². The van der Waals surface area contributed by atoms with Gasteiger partial charge in [0, 0.05) is 17.8 Å². The van der Waals surface area contributed by atoms with Crippen molar-refractivity contribution in [2.24, 2.45) is 0 Å². The molecule has 5 nitrogen and oxygen atoms in total. The van der Waals surface area contributed by atoms with E-state index in [1.807, 2.05) is 24.3 Å². The van der Waals surface area contributed by atoms with Crippen LogP contribution in [-0.2, 0) is 0 Å². The Morgan fingerprint density at radius 3 is 2.60 bits per heavy atom. The fourth-order valence-corrected chi connectivity index (χ4v) is 1.94. The zero-order valence-corrected chi connectivity index (χ0v) is 11.9. The van der Waals surface area contributed by atoms with Gasteiger partial charge in [-0.3, -0.25) is 4.79 Å². The Morgan fingerprint density at radius 2 is 2.05 bits per heavy atom. The summed E-state index contributed by atoms with van der Waals surface area (Å²) in [5.41, 5.74) is 2.60. The molecule has 0 radical (unpaired) electrons. The molecule has 1 heterocycles. The molecule has 0 aliphatic rings. The molecule has 0 fully saturated rings. The first kappa shape index (κ1) is 14.3. The maximum absolute atomic E-state index is 11.9. The molecular formula is C15H19N3O2. The molecule has 1 unspecified atom stereocenters. The van der Waals surface area contributed by atoms with Gasteiger partial charge in [-0.15, -0.1) is 0 Å². The maximum atomic E-state index is 11.9. The zero-order valence-electron chi connectivity index (χ0n) is 11.9. The predicted octanol–water partition coefficient (Wildman–Crippen LogP) is 2.91. The largest absolute Gasteiger partial charge is 0.351 e. The number of nitrogens with one attached hydrogen (secondary N) is 2. The highest BCUT2D eigenvalue weighted by Crippen LogP contribution is 2.16. The van der Waals surface area contributed by atoms with Gasteiger partial charge in [0.2, 0.25) is 5.76 Å². The Morgan fingerprint density at radius 1 is 1.35 bits per heavy atom. The third-order valence-corrected chi connectivity index (χ3v) is 3.03. The summed E-state index contributed by atoms with van der Waals surface area (Å²) in [4.78, 5) is 11.9. The van der Waals surface area contributed by atoms with Crippen molar-refractivity contribution in [3.8, 4) is 0 Å². The Bertz CT molecular complexity index is 575. The Balaban J connectivity index is 2.02. The number of rotatable bonds is 5. The SMILES string of the molecule is CCNC(C)c1ccc(NC(=O)c2cc(C)no2)cc1. The second-order valence-electron chi connectivity index (χ2n) is 4.69. The number of amides is 1. The standard InChI is InChI=1S/C15H19N3O2/c1-4-16-11(3)12-5-7-13(8-6-12)17-15(19)14-9-10(2)18-20-14/h5-9,11,16H,4H2,1-3H3,(H,17,19). The highest BCUT2D eigenvalue weighted by Gasteiger charge is 2.12. The quantitative estimate of drug-likeness (QED) is 0.879. The fraction of sp³-hybridized carbons (Fsp3) is 0.333. The highest BCUT2D eigenvalue weighted by atomic mass is 16.5. The van der Waals surface area contributed by atoms with E-state index in [9.17, 15) is 4.79 Å². The molecule has 106 valence electrons.